The minimum absolute atomic E-state index is 0.0667. The van der Waals surface area contributed by atoms with Crippen LogP contribution in [-0.2, 0) is 9.59 Å². The molecule has 21 heavy (non-hydrogen) atoms. The fraction of sp³-hybridized carbons (Fsp3) is 0.400. The molecule has 0 bridgehead atoms. The van der Waals surface area contributed by atoms with E-state index in [-0.39, 0.29) is 17.9 Å². The highest BCUT2D eigenvalue weighted by atomic mass is 16.5. The lowest BCUT2D eigenvalue weighted by Crippen LogP contribution is -2.40. The zero-order valence-electron chi connectivity index (χ0n) is 11.8. The first-order valence-electron chi connectivity index (χ1n) is 7.02. The molecule has 1 atom stereocenters. The Morgan fingerprint density at radius 3 is 3.00 bits per heavy atom. The molecule has 0 fully saturated rings. The summed E-state index contributed by atoms with van der Waals surface area (Å²) in [5, 5.41) is 8.27. The lowest BCUT2D eigenvalue weighted by Gasteiger charge is -2.27. The second-order valence-corrected chi connectivity index (χ2v) is 5.17. The van der Waals surface area contributed by atoms with Gasteiger partial charge in [0.2, 0.25) is 5.91 Å². The Morgan fingerprint density at radius 2 is 2.19 bits per heavy atom. The van der Waals surface area contributed by atoms with Crippen LogP contribution in [0.3, 0.4) is 0 Å². The molecule has 6 heteroatoms. The Balaban J connectivity index is 1.74. The zero-order valence-corrected chi connectivity index (χ0v) is 11.8. The summed E-state index contributed by atoms with van der Waals surface area (Å²) in [6.07, 6.45) is 1.44. The van der Waals surface area contributed by atoms with E-state index in [0.717, 1.165) is 17.7 Å². The molecule has 0 radical (unpaired) electrons. The van der Waals surface area contributed by atoms with Crippen molar-refractivity contribution >= 4 is 17.5 Å². The number of carbonyl (C=O) groups excluding carboxylic acids is 2. The molecule has 2 amide bonds. The molecule has 0 unspecified atom stereocenters. The first-order valence-corrected chi connectivity index (χ1v) is 7.02. The average molecular weight is 287 g/mol. The summed E-state index contributed by atoms with van der Waals surface area (Å²) >= 11 is 0. The van der Waals surface area contributed by atoms with Gasteiger partial charge in [0, 0.05) is 31.9 Å². The van der Waals surface area contributed by atoms with Crippen molar-refractivity contribution in [3.8, 4) is 5.75 Å². The van der Waals surface area contributed by atoms with Gasteiger partial charge in [0.15, 0.2) is 0 Å². The van der Waals surface area contributed by atoms with Crippen LogP contribution in [-0.4, -0.2) is 36.2 Å². The standard InChI is InChI=1S/C15H17N3O3/c1-18-14(19)7-6-12(17-18)15(20)16-11-8-9-21-13-5-3-2-4-10(11)13/h2-5,11H,6-9H2,1H3,(H,16,20)/t11-/m0/s1. The quantitative estimate of drug-likeness (QED) is 0.889. The van der Waals surface area contributed by atoms with Crippen molar-refractivity contribution in [2.24, 2.45) is 5.10 Å². The van der Waals surface area contributed by atoms with Gasteiger partial charge in [-0.05, 0) is 6.07 Å². The van der Waals surface area contributed by atoms with E-state index in [1.807, 2.05) is 24.3 Å². The van der Waals surface area contributed by atoms with Crippen molar-refractivity contribution in [2.75, 3.05) is 13.7 Å². The van der Waals surface area contributed by atoms with Crippen LogP contribution in [0.15, 0.2) is 29.4 Å². The number of para-hydroxylation sites is 1. The second kappa shape index (κ2) is 5.55. The van der Waals surface area contributed by atoms with Gasteiger partial charge in [-0.2, -0.15) is 5.10 Å². The maximum Gasteiger partial charge on any atom is 0.267 e. The van der Waals surface area contributed by atoms with Crippen LogP contribution in [0.5, 0.6) is 5.75 Å². The molecule has 0 spiro atoms. The minimum atomic E-state index is -0.212. The molecule has 6 nitrogen and oxygen atoms in total. The van der Waals surface area contributed by atoms with Gasteiger partial charge in [-0.3, -0.25) is 9.59 Å². The van der Waals surface area contributed by atoms with E-state index in [1.54, 1.807) is 7.05 Å². The molecule has 110 valence electrons. The number of ether oxygens (including phenoxy) is 1. The van der Waals surface area contributed by atoms with Gasteiger partial charge in [-0.15, -0.1) is 0 Å². The maximum absolute atomic E-state index is 12.3. The summed E-state index contributed by atoms with van der Waals surface area (Å²) in [5.41, 5.74) is 1.39. The molecule has 0 saturated carbocycles. The summed E-state index contributed by atoms with van der Waals surface area (Å²) in [7, 11) is 1.57. The summed E-state index contributed by atoms with van der Waals surface area (Å²) in [4.78, 5) is 23.7. The summed E-state index contributed by atoms with van der Waals surface area (Å²) in [6, 6.07) is 7.62. The summed E-state index contributed by atoms with van der Waals surface area (Å²) in [6.45, 7) is 0.576. The van der Waals surface area contributed by atoms with Gasteiger partial charge in [0.05, 0.1) is 12.6 Å². The fourth-order valence-electron chi connectivity index (χ4n) is 2.57. The third kappa shape index (κ3) is 2.74. The smallest absolute Gasteiger partial charge is 0.267 e. The number of rotatable bonds is 2. The normalized spacial score (nSPS) is 21.2. The number of amides is 2. The van der Waals surface area contributed by atoms with Gasteiger partial charge >= 0.3 is 0 Å². The number of carbonyl (C=O) groups is 2. The zero-order chi connectivity index (χ0) is 14.8. The molecule has 0 aromatic heterocycles. The molecular formula is C15H17N3O3. The number of nitrogens with one attached hydrogen (secondary N) is 1. The van der Waals surface area contributed by atoms with Gasteiger partial charge < -0.3 is 10.1 Å². The van der Waals surface area contributed by atoms with E-state index in [9.17, 15) is 9.59 Å². The third-order valence-corrected chi connectivity index (χ3v) is 3.73. The fourth-order valence-corrected chi connectivity index (χ4v) is 2.57. The highest BCUT2D eigenvalue weighted by Gasteiger charge is 2.27. The van der Waals surface area contributed by atoms with Crippen LogP contribution >= 0.6 is 0 Å². The molecule has 1 aromatic rings. The number of benzene rings is 1. The highest BCUT2D eigenvalue weighted by Crippen LogP contribution is 2.31. The topological polar surface area (TPSA) is 71.0 Å². The Labute approximate surface area is 122 Å². The van der Waals surface area contributed by atoms with Crippen LogP contribution in [0, 0.1) is 0 Å². The third-order valence-electron chi connectivity index (χ3n) is 3.73. The Kier molecular flexibility index (Phi) is 3.60. The number of fused-ring (bicyclic) bond motifs is 1. The van der Waals surface area contributed by atoms with Gasteiger partial charge in [-0.1, -0.05) is 18.2 Å². The molecule has 2 aliphatic heterocycles. The Hall–Kier alpha value is -2.37. The molecule has 2 aliphatic rings. The van der Waals surface area contributed by atoms with Crippen molar-refractivity contribution in [3.63, 3.8) is 0 Å². The van der Waals surface area contributed by atoms with E-state index in [2.05, 4.69) is 10.4 Å². The molecule has 0 saturated heterocycles. The van der Waals surface area contributed by atoms with Crippen molar-refractivity contribution in [1.29, 1.82) is 0 Å². The maximum atomic E-state index is 12.3. The van der Waals surface area contributed by atoms with Crippen molar-refractivity contribution in [3.05, 3.63) is 29.8 Å². The predicted molar refractivity (Wildman–Crippen MR) is 76.9 cm³/mol. The molecule has 3 rings (SSSR count). The monoisotopic (exact) mass is 287 g/mol. The van der Waals surface area contributed by atoms with Crippen LogP contribution in [0.4, 0.5) is 0 Å². The van der Waals surface area contributed by atoms with Crippen LogP contribution < -0.4 is 10.1 Å². The van der Waals surface area contributed by atoms with Gasteiger partial charge in [0.25, 0.3) is 5.91 Å². The Bertz CT molecular complexity index is 612. The van der Waals surface area contributed by atoms with Crippen molar-refractivity contribution < 1.29 is 14.3 Å². The molecule has 1 N–H and O–H groups in total. The first kappa shape index (κ1) is 13.6. The molecular weight excluding hydrogens is 270 g/mol. The number of hydrogen-bond donors (Lipinski definition) is 1. The van der Waals surface area contributed by atoms with Gasteiger partial charge in [-0.25, -0.2) is 5.01 Å². The van der Waals surface area contributed by atoms with E-state index >= 15 is 0 Å². The van der Waals surface area contributed by atoms with Crippen LogP contribution in [0.1, 0.15) is 30.9 Å². The van der Waals surface area contributed by atoms with E-state index in [0.29, 0.717) is 25.2 Å². The molecule has 2 heterocycles. The lowest BCUT2D eigenvalue weighted by atomic mass is 10.00. The highest BCUT2D eigenvalue weighted by molar-refractivity contribution is 6.39. The number of hydrazone groups is 1. The summed E-state index contributed by atoms with van der Waals surface area (Å²) in [5.74, 6) is 0.533. The molecule has 1 aromatic carbocycles. The number of nitrogens with zero attached hydrogens (tertiary/aromatic N) is 2. The average Bonchev–Trinajstić information content (AvgIpc) is 2.50. The largest absolute Gasteiger partial charge is 0.493 e. The summed E-state index contributed by atoms with van der Waals surface area (Å²) < 4.78 is 5.58. The second-order valence-electron chi connectivity index (χ2n) is 5.17. The Morgan fingerprint density at radius 1 is 1.38 bits per heavy atom. The first-order chi connectivity index (χ1) is 10.1. The number of hydrogen-bond acceptors (Lipinski definition) is 4. The van der Waals surface area contributed by atoms with Crippen molar-refractivity contribution in [2.45, 2.75) is 25.3 Å². The SMILES string of the molecule is CN1N=C(C(=O)N[C@H]2CCOc3ccccc32)CCC1=O. The molecule has 0 aliphatic carbocycles. The van der Waals surface area contributed by atoms with Crippen LogP contribution in [0.25, 0.3) is 0 Å². The van der Waals surface area contributed by atoms with E-state index < -0.39 is 0 Å². The minimum Gasteiger partial charge on any atom is -0.493 e. The van der Waals surface area contributed by atoms with Crippen molar-refractivity contribution in [1.82, 2.24) is 10.3 Å². The van der Waals surface area contributed by atoms with E-state index in [1.165, 1.54) is 5.01 Å². The predicted octanol–water partition coefficient (Wildman–Crippen LogP) is 1.23. The lowest BCUT2D eigenvalue weighted by molar-refractivity contribution is -0.130. The van der Waals surface area contributed by atoms with E-state index in [4.69, 9.17) is 4.74 Å². The van der Waals surface area contributed by atoms with Crippen LogP contribution in [0.2, 0.25) is 0 Å². The van der Waals surface area contributed by atoms with Gasteiger partial charge in [0.1, 0.15) is 11.5 Å².